The monoisotopic (exact) mass is 232 g/mol. The van der Waals surface area contributed by atoms with Crippen molar-refractivity contribution in [1.82, 2.24) is 10.3 Å². The van der Waals surface area contributed by atoms with Gasteiger partial charge in [0.25, 0.3) is 0 Å². The van der Waals surface area contributed by atoms with Crippen molar-refractivity contribution in [2.24, 2.45) is 0 Å². The van der Waals surface area contributed by atoms with Crippen LogP contribution in [0.5, 0.6) is 0 Å². The lowest BCUT2D eigenvalue weighted by Crippen LogP contribution is -2.16. The molecule has 4 heteroatoms. The minimum atomic E-state index is -0.0446. The molecule has 2 aromatic rings. The smallest absolute Gasteiger partial charge is 0.129 e. The number of aliphatic hydroxyl groups is 1. The van der Waals surface area contributed by atoms with E-state index < -0.39 is 0 Å². The van der Waals surface area contributed by atoms with Gasteiger partial charge in [-0.05, 0) is 42.8 Å². The summed E-state index contributed by atoms with van der Waals surface area (Å²) in [5.41, 5.74) is 1.27. The van der Waals surface area contributed by atoms with E-state index in [1.54, 1.807) is 18.5 Å². The molecule has 4 nitrogen and oxygen atoms in total. The first kappa shape index (κ1) is 11.8. The minimum Gasteiger partial charge on any atom is -0.462 e. The fourth-order valence-electron chi connectivity index (χ4n) is 1.60. The Hall–Kier alpha value is -1.65. The third-order valence-corrected chi connectivity index (χ3v) is 2.51. The van der Waals surface area contributed by atoms with Crippen LogP contribution in [-0.4, -0.2) is 16.6 Å². The van der Waals surface area contributed by atoms with Crippen LogP contribution in [0.25, 0.3) is 0 Å². The van der Waals surface area contributed by atoms with Gasteiger partial charge in [-0.1, -0.05) is 0 Å². The predicted octanol–water partition coefficient (Wildman–Crippen LogP) is 1.50. The molecule has 0 aliphatic carbocycles. The van der Waals surface area contributed by atoms with Gasteiger partial charge in [0.15, 0.2) is 0 Å². The average Bonchev–Trinajstić information content (AvgIpc) is 2.84. The van der Waals surface area contributed by atoms with Gasteiger partial charge in [-0.3, -0.25) is 4.98 Å². The first-order chi connectivity index (χ1) is 8.38. The van der Waals surface area contributed by atoms with E-state index >= 15 is 0 Å². The molecule has 2 heterocycles. The maximum Gasteiger partial charge on any atom is 0.129 e. The normalized spacial score (nSPS) is 10.6. The summed E-state index contributed by atoms with van der Waals surface area (Å²) >= 11 is 0. The number of nitrogens with one attached hydrogen (secondary N) is 1. The molecule has 0 amide bonds. The highest BCUT2D eigenvalue weighted by Crippen LogP contribution is 2.07. The summed E-state index contributed by atoms with van der Waals surface area (Å²) in [6.07, 6.45) is 4.57. The molecule has 0 fully saturated rings. The molecule has 0 aromatic carbocycles. The zero-order valence-electron chi connectivity index (χ0n) is 9.60. The summed E-state index contributed by atoms with van der Waals surface area (Å²) in [6.45, 7) is 1.53. The van der Waals surface area contributed by atoms with E-state index in [4.69, 9.17) is 9.52 Å². The van der Waals surface area contributed by atoms with Gasteiger partial charge < -0.3 is 14.8 Å². The second-order valence-corrected chi connectivity index (χ2v) is 3.81. The Morgan fingerprint density at radius 3 is 2.59 bits per heavy atom. The summed E-state index contributed by atoms with van der Waals surface area (Å²) in [7, 11) is 0. The van der Waals surface area contributed by atoms with Crippen molar-refractivity contribution >= 4 is 0 Å². The van der Waals surface area contributed by atoms with Crippen molar-refractivity contribution in [3.05, 3.63) is 53.7 Å². The molecule has 90 valence electrons. The van der Waals surface area contributed by atoms with Gasteiger partial charge in [-0.2, -0.15) is 0 Å². The fraction of sp³-hybridized carbons (Fsp3) is 0.308. The molecule has 0 spiro atoms. The topological polar surface area (TPSA) is 58.3 Å². The first-order valence-corrected chi connectivity index (χ1v) is 5.66. The standard InChI is InChI=1S/C13H16N2O2/c16-10-13-2-1-12(17-13)9-15-8-5-11-3-6-14-7-4-11/h1-4,6-7,15-16H,5,8-10H2. The Morgan fingerprint density at radius 1 is 1.12 bits per heavy atom. The average molecular weight is 232 g/mol. The van der Waals surface area contributed by atoms with E-state index in [9.17, 15) is 0 Å². The molecule has 0 bridgehead atoms. The zero-order valence-corrected chi connectivity index (χ0v) is 9.60. The van der Waals surface area contributed by atoms with Crippen LogP contribution in [0.1, 0.15) is 17.1 Å². The minimum absolute atomic E-state index is 0.0446. The number of pyridine rings is 1. The van der Waals surface area contributed by atoms with E-state index in [1.807, 2.05) is 18.2 Å². The maximum atomic E-state index is 8.85. The Balaban J connectivity index is 1.69. The number of rotatable bonds is 6. The molecule has 0 aliphatic heterocycles. The third kappa shape index (κ3) is 3.69. The molecule has 0 atom stereocenters. The highest BCUT2D eigenvalue weighted by Gasteiger charge is 2.00. The molecule has 2 N–H and O–H groups in total. The Bertz CT molecular complexity index is 440. The van der Waals surface area contributed by atoms with E-state index in [-0.39, 0.29) is 6.61 Å². The summed E-state index contributed by atoms with van der Waals surface area (Å²) in [5, 5.41) is 12.1. The van der Waals surface area contributed by atoms with Gasteiger partial charge in [0, 0.05) is 12.4 Å². The van der Waals surface area contributed by atoms with Gasteiger partial charge >= 0.3 is 0 Å². The first-order valence-electron chi connectivity index (χ1n) is 5.66. The summed E-state index contributed by atoms with van der Waals surface area (Å²) < 4.78 is 5.36. The molecule has 2 rings (SSSR count). The highest BCUT2D eigenvalue weighted by atomic mass is 16.4. The van der Waals surface area contributed by atoms with Crippen molar-refractivity contribution in [1.29, 1.82) is 0 Å². The highest BCUT2D eigenvalue weighted by molar-refractivity contribution is 5.10. The number of hydrogen-bond donors (Lipinski definition) is 2. The largest absolute Gasteiger partial charge is 0.462 e. The predicted molar refractivity (Wildman–Crippen MR) is 64.3 cm³/mol. The van der Waals surface area contributed by atoms with Crippen molar-refractivity contribution in [3.63, 3.8) is 0 Å². The van der Waals surface area contributed by atoms with Crippen molar-refractivity contribution in [2.75, 3.05) is 6.54 Å². The van der Waals surface area contributed by atoms with Gasteiger partial charge in [0.2, 0.25) is 0 Å². The SMILES string of the molecule is OCc1ccc(CNCCc2ccncc2)o1. The van der Waals surface area contributed by atoms with E-state index in [2.05, 4.69) is 10.3 Å². The second-order valence-electron chi connectivity index (χ2n) is 3.81. The number of hydrogen-bond acceptors (Lipinski definition) is 4. The van der Waals surface area contributed by atoms with Crippen molar-refractivity contribution in [3.8, 4) is 0 Å². The maximum absolute atomic E-state index is 8.85. The lowest BCUT2D eigenvalue weighted by atomic mass is 10.2. The quantitative estimate of drug-likeness (QED) is 0.741. The van der Waals surface area contributed by atoms with Gasteiger partial charge in [-0.15, -0.1) is 0 Å². The lowest BCUT2D eigenvalue weighted by molar-refractivity contribution is 0.243. The van der Waals surface area contributed by atoms with Crippen LogP contribution in [0.15, 0.2) is 41.1 Å². The van der Waals surface area contributed by atoms with Crippen LogP contribution >= 0.6 is 0 Å². The molecule has 2 aromatic heterocycles. The van der Waals surface area contributed by atoms with Crippen LogP contribution in [0.3, 0.4) is 0 Å². The number of aliphatic hydroxyl groups excluding tert-OH is 1. The van der Waals surface area contributed by atoms with E-state index in [0.717, 1.165) is 18.7 Å². The Kier molecular flexibility index (Phi) is 4.30. The zero-order chi connectivity index (χ0) is 11.9. The number of aromatic nitrogens is 1. The second kappa shape index (κ2) is 6.18. The van der Waals surface area contributed by atoms with Gasteiger partial charge in [0.05, 0.1) is 6.54 Å². The number of nitrogens with zero attached hydrogens (tertiary/aromatic N) is 1. The molecule has 17 heavy (non-hydrogen) atoms. The van der Waals surface area contributed by atoms with Crippen LogP contribution in [0, 0.1) is 0 Å². The Labute approximate surface area is 100 Å². The molecule has 0 saturated heterocycles. The van der Waals surface area contributed by atoms with Crippen LogP contribution < -0.4 is 5.32 Å². The lowest BCUT2D eigenvalue weighted by Gasteiger charge is -2.02. The van der Waals surface area contributed by atoms with Crippen LogP contribution in [-0.2, 0) is 19.6 Å². The van der Waals surface area contributed by atoms with Gasteiger partial charge in [0.1, 0.15) is 18.1 Å². The summed E-state index contributed by atoms with van der Waals surface area (Å²) in [4.78, 5) is 3.97. The van der Waals surface area contributed by atoms with Gasteiger partial charge in [-0.25, -0.2) is 0 Å². The Morgan fingerprint density at radius 2 is 1.88 bits per heavy atom. The fourth-order valence-corrected chi connectivity index (χ4v) is 1.60. The number of furan rings is 1. The van der Waals surface area contributed by atoms with E-state index in [1.165, 1.54) is 5.56 Å². The molecular weight excluding hydrogens is 216 g/mol. The van der Waals surface area contributed by atoms with Crippen LogP contribution in [0.4, 0.5) is 0 Å². The summed E-state index contributed by atoms with van der Waals surface area (Å²) in [6, 6.07) is 7.70. The van der Waals surface area contributed by atoms with Crippen molar-refractivity contribution in [2.45, 2.75) is 19.6 Å². The molecule has 0 unspecified atom stereocenters. The van der Waals surface area contributed by atoms with Crippen molar-refractivity contribution < 1.29 is 9.52 Å². The molecule has 0 saturated carbocycles. The van der Waals surface area contributed by atoms with Crippen LogP contribution in [0.2, 0.25) is 0 Å². The van der Waals surface area contributed by atoms with E-state index in [0.29, 0.717) is 12.3 Å². The summed E-state index contributed by atoms with van der Waals surface area (Å²) in [5.74, 6) is 1.46. The molecule has 0 aliphatic rings. The third-order valence-electron chi connectivity index (χ3n) is 2.51. The molecular formula is C13H16N2O2. The molecule has 0 radical (unpaired) electrons.